The van der Waals surface area contributed by atoms with Crippen molar-refractivity contribution in [2.24, 2.45) is 0 Å². The van der Waals surface area contributed by atoms with Gasteiger partial charge in [-0.2, -0.15) is 0 Å². The molecule has 0 spiro atoms. The second kappa shape index (κ2) is 8.04. The van der Waals surface area contributed by atoms with E-state index in [4.69, 9.17) is 4.74 Å². The number of aliphatic hydroxyl groups excluding tert-OH is 2. The Morgan fingerprint density at radius 3 is 2.60 bits per heavy atom. The molecule has 25 heavy (non-hydrogen) atoms. The zero-order valence-corrected chi connectivity index (χ0v) is 16.0. The van der Waals surface area contributed by atoms with Gasteiger partial charge in [0, 0.05) is 12.7 Å². The minimum Gasteiger partial charge on any atom is -0.388 e. The summed E-state index contributed by atoms with van der Waals surface area (Å²) in [4.78, 5) is 26.3. The van der Waals surface area contributed by atoms with E-state index < -0.39 is 42.6 Å². The van der Waals surface area contributed by atoms with E-state index in [-0.39, 0.29) is 5.56 Å². The summed E-state index contributed by atoms with van der Waals surface area (Å²) in [5.41, 5.74) is -0.886. The predicted octanol–water partition coefficient (Wildman–Crippen LogP) is 0.598. The average Bonchev–Trinajstić information content (AvgIpc) is 2.80. The van der Waals surface area contributed by atoms with Gasteiger partial charge in [-0.3, -0.25) is 9.78 Å². The van der Waals surface area contributed by atoms with E-state index in [9.17, 15) is 19.8 Å². The summed E-state index contributed by atoms with van der Waals surface area (Å²) < 4.78 is 7.22. The molecule has 1 aromatic rings. The maximum atomic E-state index is 12.2. The minimum absolute atomic E-state index is 0.174. The number of nitrogens with zero attached hydrogens (tertiary/aromatic N) is 1. The smallest absolute Gasteiger partial charge is 0.328 e. The molecule has 1 unspecified atom stereocenters. The number of hydrogen-bond donors (Lipinski definition) is 3. The number of H-pyrrole nitrogens is 1. The zero-order valence-electron chi connectivity index (χ0n) is 15.1. The molecule has 2 heterocycles. The normalized spacial score (nSPS) is 26.9. The summed E-state index contributed by atoms with van der Waals surface area (Å²) in [6.45, 7) is 5.40. The highest BCUT2D eigenvalue weighted by atomic mass is 31.2. The molecule has 1 aromatic heterocycles. The molecule has 7 nitrogen and oxygen atoms in total. The lowest BCUT2D eigenvalue weighted by molar-refractivity contribution is 0.00493. The molecule has 3 N–H and O–H groups in total. The van der Waals surface area contributed by atoms with E-state index in [0.717, 1.165) is 19.0 Å². The van der Waals surface area contributed by atoms with Crippen LogP contribution in [0.3, 0.4) is 0 Å². The number of aromatic amines is 1. The van der Waals surface area contributed by atoms with Crippen LogP contribution in [0.4, 0.5) is 0 Å². The van der Waals surface area contributed by atoms with Gasteiger partial charge < -0.3 is 19.5 Å². The number of aromatic nitrogens is 2. The number of rotatable bonds is 7. The van der Waals surface area contributed by atoms with E-state index >= 15 is 0 Å². The van der Waals surface area contributed by atoms with Crippen molar-refractivity contribution in [3.05, 3.63) is 32.6 Å². The van der Waals surface area contributed by atoms with Crippen LogP contribution in [0.15, 0.2) is 15.8 Å². The molecule has 0 aromatic carbocycles. The Hall–Kier alpha value is -1.14. The van der Waals surface area contributed by atoms with Crippen molar-refractivity contribution >= 4 is 13.2 Å². The first kappa shape index (κ1) is 20.2. The summed E-state index contributed by atoms with van der Waals surface area (Å²) in [6.07, 6.45) is 4.93. The number of unbranched alkanes of at least 4 members (excludes halogenated alkanes) is 1. The van der Waals surface area contributed by atoms with Crippen molar-refractivity contribution in [3.63, 3.8) is 0 Å². The number of hydrogen-bond acceptors (Lipinski definition) is 5. The zero-order chi connectivity index (χ0) is 18.8. The fourth-order valence-corrected chi connectivity index (χ4v) is 3.90. The van der Waals surface area contributed by atoms with Crippen LogP contribution in [0.5, 0.6) is 0 Å². The summed E-state index contributed by atoms with van der Waals surface area (Å²) in [5, 5.41) is 20.6. The Bertz CT molecular complexity index is 750. The third-order valence-corrected chi connectivity index (χ3v) is 5.95. The van der Waals surface area contributed by atoms with Gasteiger partial charge in [0.25, 0.3) is 5.56 Å². The van der Waals surface area contributed by atoms with Gasteiger partial charge in [0.2, 0.25) is 0 Å². The van der Waals surface area contributed by atoms with Crippen LogP contribution in [0.2, 0.25) is 0 Å². The van der Waals surface area contributed by atoms with Crippen LogP contribution >= 0.6 is 6.89 Å². The van der Waals surface area contributed by atoms with E-state index in [1.807, 2.05) is 6.92 Å². The molecule has 2 rings (SSSR count). The monoisotopic (exact) mass is 372 g/mol. The standard InChI is InChI=1S/C17H29N2O5P/c1-5-6-8-19-10-11(16(22)18-17(19)23)15-14(21)13(20)12(24-15)7-9-25(2,3)4/h10,12-15,20-21H,2,5-9H2,1,3-4H3,(H,18,22,23)/t12-,13-,14?,15+/m1/s1. The van der Waals surface area contributed by atoms with Crippen molar-refractivity contribution < 1.29 is 14.9 Å². The molecule has 8 heteroatoms. The molecule has 1 aliphatic rings. The van der Waals surface area contributed by atoms with E-state index in [1.54, 1.807) is 0 Å². The van der Waals surface area contributed by atoms with Crippen molar-refractivity contribution in [1.82, 2.24) is 9.55 Å². The largest absolute Gasteiger partial charge is 0.388 e. The summed E-state index contributed by atoms with van der Waals surface area (Å²) in [5.74, 6) is 0. The average molecular weight is 372 g/mol. The van der Waals surface area contributed by atoms with Crippen LogP contribution in [0.1, 0.15) is 37.9 Å². The topological polar surface area (TPSA) is 105 Å². The highest BCUT2D eigenvalue weighted by Gasteiger charge is 2.44. The highest BCUT2D eigenvalue weighted by Crippen LogP contribution is 2.40. The molecule has 0 amide bonds. The van der Waals surface area contributed by atoms with Crippen molar-refractivity contribution in [2.75, 3.05) is 19.5 Å². The van der Waals surface area contributed by atoms with E-state index in [0.29, 0.717) is 13.0 Å². The van der Waals surface area contributed by atoms with Gasteiger partial charge in [0.15, 0.2) is 0 Å². The molecule has 142 valence electrons. The Kier molecular flexibility index (Phi) is 6.49. The third-order valence-electron chi connectivity index (χ3n) is 4.48. The first-order valence-corrected chi connectivity index (χ1v) is 11.7. The molecule has 1 saturated heterocycles. The molecule has 0 radical (unpaired) electrons. The molecule has 1 fully saturated rings. The predicted molar refractivity (Wildman–Crippen MR) is 101 cm³/mol. The fraction of sp³-hybridized carbons (Fsp3) is 0.706. The lowest BCUT2D eigenvalue weighted by atomic mass is 10.0. The summed E-state index contributed by atoms with van der Waals surface area (Å²) in [7, 11) is 0. The molecule has 4 atom stereocenters. The summed E-state index contributed by atoms with van der Waals surface area (Å²) >= 11 is 0. The van der Waals surface area contributed by atoms with Crippen LogP contribution in [-0.2, 0) is 11.3 Å². The second-order valence-electron chi connectivity index (χ2n) is 7.41. The Morgan fingerprint density at radius 1 is 1.32 bits per heavy atom. The number of aryl methyl sites for hydroxylation is 1. The van der Waals surface area contributed by atoms with Crippen LogP contribution < -0.4 is 11.2 Å². The van der Waals surface area contributed by atoms with Gasteiger partial charge in [0.1, 0.15) is 18.3 Å². The fourth-order valence-electron chi connectivity index (χ4n) is 2.94. The number of aliphatic hydroxyl groups is 2. The highest BCUT2D eigenvalue weighted by molar-refractivity contribution is 7.72. The first-order valence-electron chi connectivity index (χ1n) is 8.66. The molecule has 0 bridgehead atoms. The second-order valence-corrected chi connectivity index (χ2v) is 11.7. The van der Waals surface area contributed by atoms with E-state index in [2.05, 4.69) is 24.6 Å². The number of ether oxygens (including phenoxy) is 1. The van der Waals surface area contributed by atoms with Crippen molar-refractivity contribution in [1.29, 1.82) is 0 Å². The SMILES string of the molecule is C=P(C)(C)CC[C@H]1O[C@@H](c2cn(CCCC)c(=O)[nH]c2=O)C(O)[C@@H]1O. The van der Waals surface area contributed by atoms with Gasteiger partial charge in [-0.05, 0) is 32.3 Å². The Labute approximate surface area is 147 Å². The molecular formula is C17H29N2O5P. The van der Waals surface area contributed by atoms with E-state index in [1.165, 1.54) is 10.8 Å². The lowest BCUT2D eigenvalue weighted by Crippen LogP contribution is -2.35. The first-order chi connectivity index (χ1) is 11.6. The van der Waals surface area contributed by atoms with Gasteiger partial charge in [0.05, 0.1) is 11.7 Å². The summed E-state index contributed by atoms with van der Waals surface area (Å²) in [6, 6.07) is 0. The Morgan fingerprint density at radius 2 is 2.00 bits per heavy atom. The van der Waals surface area contributed by atoms with Crippen molar-refractivity contribution in [3.8, 4) is 0 Å². The maximum Gasteiger partial charge on any atom is 0.328 e. The van der Waals surface area contributed by atoms with Crippen LogP contribution in [-0.4, -0.2) is 63.9 Å². The Balaban J connectivity index is 2.24. The van der Waals surface area contributed by atoms with Crippen molar-refractivity contribution in [2.45, 2.75) is 57.1 Å². The minimum atomic E-state index is -1.28. The molecule has 1 aliphatic heterocycles. The molecule has 0 saturated carbocycles. The maximum absolute atomic E-state index is 12.2. The van der Waals surface area contributed by atoms with Gasteiger partial charge in [-0.15, -0.1) is 13.2 Å². The third kappa shape index (κ3) is 4.94. The molecular weight excluding hydrogens is 343 g/mol. The van der Waals surface area contributed by atoms with Gasteiger partial charge >= 0.3 is 5.69 Å². The quantitative estimate of drug-likeness (QED) is 0.608. The van der Waals surface area contributed by atoms with Gasteiger partial charge in [-0.25, -0.2) is 4.79 Å². The van der Waals surface area contributed by atoms with Gasteiger partial charge in [-0.1, -0.05) is 13.3 Å². The lowest BCUT2D eigenvalue weighted by Gasteiger charge is -2.18. The number of nitrogens with one attached hydrogen (secondary N) is 1. The van der Waals surface area contributed by atoms with Crippen LogP contribution in [0, 0.1) is 0 Å². The molecule has 0 aliphatic carbocycles. The van der Waals surface area contributed by atoms with Crippen LogP contribution in [0.25, 0.3) is 0 Å².